The normalized spacial score (nSPS) is 18.7. The molecular formula is C36H58F4N2O3. The van der Waals surface area contributed by atoms with Crippen LogP contribution in [0.4, 0.5) is 17.6 Å². The largest absolute Gasteiger partial charge is 0.472 e. The topological polar surface area (TPSA) is 63.8 Å². The molecule has 9 heteroatoms. The molecule has 1 unspecified atom stereocenters. The maximum Gasteiger partial charge on any atom is 0.391 e. The van der Waals surface area contributed by atoms with E-state index < -0.39 is 29.6 Å². The number of hydrogen-bond donors (Lipinski definition) is 1. The summed E-state index contributed by atoms with van der Waals surface area (Å²) < 4.78 is 63.9. The van der Waals surface area contributed by atoms with Gasteiger partial charge in [0.25, 0.3) is 5.90 Å². The Morgan fingerprint density at radius 3 is 2.07 bits per heavy atom. The Balaban J connectivity index is 0.00000364. The van der Waals surface area contributed by atoms with Crippen LogP contribution < -0.4 is 0 Å². The highest BCUT2D eigenvalue weighted by Gasteiger charge is 2.42. The number of ketones is 1. The van der Waals surface area contributed by atoms with Gasteiger partial charge in [-0.15, -0.1) is 0 Å². The second kappa shape index (κ2) is 19.7. The Labute approximate surface area is 269 Å². The highest BCUT2D eigenvalue weighted by molar-refractivity contribution is 6.00. The zero-order valence-corrected chi connectivity index (χ0v) is 29.5. The summed E-state index contributed by atoms with van der Waals surface area (Å²) in [6, 6.07) is 0. The van der Waals surface area contributed by atoms with Crippen molar-refractivity contribution in [3.63, 3.8) is 0 Å². The Morgan fingerprint density at radius 1 is 1.13 bits per heavy atom. The molecule has 1 aliphatic rings. The number of alkyl halides is 3. The van der Waals surface area contributed by atoms with Gasteiger partial charge >= 0.3 is 6.18 Å². The highest BCUT2D eigenvalue weighted by Crippen LogP contribution is 2.40. The van der Waals surface area contributed by atoms with E-state index in [0.717, 1.165) is 5.56 Å². The predicted octanol–water partition coefficient (Wildman–Crippen LogP) is 10.7. The van der Waals surface area contributed by atoms with Gasteiger partial charge in [0.1, 0.15) is 6.10 Å². The van der Waals surface area contributed by atoms with E-state index in [1.54, 1.807) is 33.0 Å². The summed E-state index contributed by atoms with van der Waals surface area (Å²) in [5, 5.41) is 10.6. The quantitative estimate of drug-likeness (QED) is 0.113. The zero-order chi connectivity index (χ0) is 35.1. The van der Waals surface area contributed by atoms with E-state index in [1.165, 1.54) is 19.4 Å². The van der Waals surface area contributed by atoms with Crippen LogP contribution in [0.15, 0.2) is 35.4 Å². The van der Waals surface area contributed by atoms with Crippen molar-refractivity contribution in [1.29, 1.82) is 0 Å². The van der Waals surface area contributed by atoms with Gasteiger partial charge in [0.2, 0.25) is 0 Å². The van der Waals surface area contributed by atoms with Crippen LogP contribution in [0.3, 0.4) is 0 Å². The number of carbonyl (C=O) groups excluding carboxylic acids is 1. The second-order valence-electron chi connectivity index (χ2n) is 12.2. The number of nitrogens with zero attached hydrogens (tertiary/aromatic N) is 2. The third kappa shape index (κ3) is 14.1. The summed E-state index contributed by atoms with van der Waals surface area (Å²) in [5.74, 6) is -2.77. The Morgan fingerprint density at radius 2 is 1.67 bits per heavy atom. The van der Waals surface area contributed by atoms with Crippen LogP contribution in [-0.2, 0) is 22.5 Å². The molecule has 2 rings (SSSR count). The van der Waals surface area contributed by atoms with Crippen LogP contribution in [0.25, 0.3) is 11.6 Å². The van der Waals surface area contributed by atoms with Gasteiger partial charge in [0.15, 0.2) is 11.6 Å². The number of aliphatic hydroxyl groups is 1. The summed E-state index contributed by atoms with van der Waals surface area (Å²) in [7, 11) is 0. The first kappa shape index (κ1) is 42.3. The third-order valence-corrected chi connectivity index (χ3v) is 7.14. The number of aliphatic imine (C=N–C) groups is 1. The Bertz CT molecular complexity index is 1160. The lowest BCUT2D eigenvalue weighted by Crippen LogP contribution is -2.32. The van der Waals surface area contributed by atoms with Crippen molar-refractivity contribution < 1.29 is 32.2 Å². The van der Waals surface area contributed by atoms with E-state index in [0.29, 0.717) is 35.4 Å². The van der Waals surface area contributed by atoms with Gasteiger partial charge in [-0.25, -0.2) is 9.38 Å². The van der Waals surface area contributed by atoms with E-state index in [2.05, 4.69) is 25.4 Å². The number of hydrogen-bond acceptors (Lipinski definition) is 4. The van der Waals surface area contributed by atoms with Gasteiger partial charge in [-0.05, 0) is 89.9 Å². The first-order chi connectivity index (χ1) is 20.9. The predicted molar refractivity (Wildman–Crippen MR) is 180 cm³/mol. The average molecular weight is 643 g/mol. The number of aromatic nitrogens is 1. The van der Waals surface area contributed by atoms with Crippen molar-refractivity contribution in [1.82, 2.24) is 4.57 Å². The molecule has 0 saturated heterocycles. The minimum Gasteiger partial charge on any atom is -0.472 e. The molecular weight excluding hydrogens is 584 g/mol. The Hall–Kier alpha value is -2.68. The fourth-order valence-electron chi connectivity index (χ4n) is 5.04. The van der Waals surface area contributed by atoms with Crippen molar-refractivity contribution in [3.8, 4) is 0 Å². The molecule has 0 amide bonds. The van der Waals surface area contributed by atoms with Crippen LogP contribution in [-0.4, -0.2) is 39.2 Å². The van der Waals surface area contributed by atoms with Gasteiger partial charge in [-0.2, -0.15) is 13.2 Å². The first-order valence-corrected chi connectivity index (χ1v) is 16.4. The first-order valence-electron chi connectivity index (χ1n) is 16.4. The summed E-state index contributed by atoms with van der Waals surface area (Å²) in [4.78, 5) is 16.0. The van der Waals surface area contributed by atoms with E-state index in [4.69, 9.17) is 4.74 Å². The van der Waals surface area contributed by atoms with Crippen molar-refractivity contribution in [3.05, 3.63) is 47.2 Å². The van der Waals surface area contributed by atoms with Crippen LogP contribution in [0.1, 0.15) is 132 Å². The van der Waals surface area contributed by atoms with Gasteiger partial charge < -0.3 is 14.4 Å². The molecule has 0 bridgehead atoms. The third-order valence-electron chi connectivity index (χ3n) is 7.14. The lowest BCUT2D eigenvalue weighted by Gasteiger charge is -2.30. The standard InChI is InChI=1S/C31H44F4N2O3.C3H8.C2H6/c1-9-20(5)27(25-17-37(18-30(7,8)39)26(24(25)10-2)16-11-21(6)38)28(32)29(36-19(3)4)40-23-14-12-22(13-15-23)31(33,34)35;1-3-2;1-2/h11,16-17,20,22-23,39H,3,9-10,12-15,18H2,1-2,4-8H3;3H2,1-2H3;1-2H3/b16-11-,28-27-,36-29?;;. The fourth-order valence-corrected chi connectivity index (χ4v) is 5.04. The number of carbonyl (C=O) groups is 1. The molecule has 258 valence electrons. The second-order valence-corrected chi connectivity index (χ2v) is 12.2. The molecule has 0 aromatic carbocycles. The summed E-state index contributed by atoms with van der Waals surface area (Å²) in [6.07, 6.45) is 2.55. The number of halogens is 4. The molecule has 0 aliphatic heterocycles. The van der Waals surface area contributed by atoms with Crippen molar-refractivity contribution in [2.24, 2.45) is 16.8 Å². The number of ether oxygens (including phenoxy) is 1. The number of allylic oxidation sites excluding steroid dienone is 3. The van der Waals surface area contributed by atoms with Crippen molar-refractivity contribution in [2.45, 2.75) is 146 Å². The van der Waals surface area contributed by atoms with Gasteiger partial charge in [0.05, 0.1) is 18.1 Å². The molecule has 1 aromatic rings. The lowest BCUT2D eigenvalue weighted by atomic mass is 9.87. The molecule has 45 heavy (non-hydrogen) atoms. The molecule has 1 heterocycles. The molecule has 1 aliphatic carbocycles. The van der Waals surface area contributed by atoms with Crippen LogP contribution in [0.2, 0.25) is 0 Å². The van der Waals surface area contributed by atoms with Crippen LogP contribution in [0, 0.1) is 11.8 Å². The Kier molecular flexibility index (Phi) is 18.6. The van der Waals surface area contributed by atoms with E-state index in [-0.39, 0.29) is 49.8 Å². The van der Waals surface area contributed by atoms with Crippen molar-refractivity contribution in [2.75, 3.05) is 0 Å². The van der Waals surface area contributed by atoms with Gasteiger partial charge in [-0.1, -0.05) is 61.5 Å². The molecule has 5 nitrogen and oxygen atoms in total. The van der Waals surface area contributed by atoms with Crippen LogP contribution >= 0.6 is 0 Å². The van der Waals surface area contributed by atoms with Crippen molar-refractivity contribution >= 4 is 23.3 Å². The van der Waals surface area contributed by atoms with E-state index >= 15 is 4.39 Å². The molecule has 1 N–H and O–H groups in total. The maximum atomic E-state index is 16.6. The minimum absolute atomic E-state index is 0.0797. The van der Waals surface area contributed by atoms with Gasteiger partial charge in [-0.3, -0.25) is 4.79 Å². The van der Waals surface area contributed by atoms with Gasteiger partial charge in [0, 0.05) is 28.7 Å². The van der Waals surface area contributed by atoms with Crippen LogP contribution in [0.5, 0.6) is 0 Å². The smallest absolute Gasteiger partial charge is 0.391 e. The lowest BCUT2D eigenvalue weighted by molar-refractivity contribution is -0.185. The minimum atomic E-state index is -4.25. The molecule has 0 spiro atoms. The molecule has 0 radical (unpaired) electrons. The molecule has 1 aromatic heterocycles. The molecule has 1 fully saturated rings. The fraction of sp³-hybridized carbons (Fsp3) is 0.667. The maximum absolute atomic E-state index is 16.6. The number of rotatable bonds is 11. The summed E-state index contributed by atoms with van der Waals surface area (Å²) in [6.45, 7) is 24.4. The summed E-state index contributed by atoms with van der Waals surface area (Å²) >= 11 is 0. The van der Waals surface area contributed by atoms with E-state index in [1.807, 2.05) is 39.2 Å². The monoisotopic (exact) mass is 642 g/mol. The highest BCUT2D eigenvalue weighted by atomic mass is 19.4. The zero-order valence-electron chi connectivity index (χ0n) is 29.5. The molecule has 1 saturated carbocycles. The SMILES string of the molecule is C=C(C)N=C(OC1CCC(C(F)(F)F)CC1)/C(F)=C(/c1cn(CC(C)(C)O)c(/C=C\C(C)=O)c1CC)C(C)CC.CC.CCC. The average Bonchev–Trinajstić information content (AvgIpc) is 3.27. The summed E-state index contributed by atoms with van der Waals surface area (Å²) in [5.41, 5.74) is 1.68. The molecule has 1 atom stereocenters. The van der Waals surface area contributed by atoms with E-state index in [9.17, 15) is 23.1 Å².